The average molecular weight is 598 g/mol. The van der Waals surface area contributed by atoms with Crippen LogP contribution in [0.2, 0.25) is 5.02 Å². The molecule has 11 heteroatoms. The standard InChI is InChI=1S/C27H29ClN4O3S.2ClH/c1-13-7-15(28)8-18(23(13)35-16-6-5-14(2)29-10-16)22-24-19(30-12-31-22)9-17(36-24)11-32-25(33)20-21(26(32)34)27(20,3)4;;/h7-9,12,14,16,20-21,29H,5-6,10-11H2,1-4H3;2*1H/t14-,16-,20?,21?;;/m0../s1. The summed E-state index contributed by atoms with van der Waals surface area (Å²) < 4.78 is 7.42. The van der Waals surface area contributed by atoms with Gasteiger partial charge in [0, 0.05) is 28.0 Å². The predicted octanol–water partition coefficient (Wildman–Crippen LogP) is 5.82. The van der Waals surface area contributed by atoms with E-state index in [0.29, 0.717) is 11.1 Å². The number of nitrogens with one attached hydrogen (secondary N) is 1. The number of aromatic nitrogens is 2. The highest BCUT2D eigenvalue weighted by molar-refractivity contribution is 7.19. The second kappa shape index (κ2) is 10.5. The first-order chi connectivity index (χ1) is 17.1. The molecule has 2 aromatic heterocycles. The summed E-state index contributed by atoms with van der Waals surface area (Å²) in [5.74, 6) is 0.302. The molecule has 204 valence electrons. The SMILES string of the molecule is Cc1cc(Cl)cc(-c2ncnc3cc(CN4C(=O)C5C(C4=O)C5(C)C)sc23)c1O[C@H]1CC[C@H](C)NC1.Cl.Cl. The average Bonchev–Trinajstić information content (AvgIpc) is 3.08. The number of fused-ring (bicyclic) bond motifs is 2. The second-order valence-corrected chi connectivity index (χ2v) is 12.5. The lowest BCUT2D eigenvalue weighted by Gasteiger charge is -2.29. The Labute approximate surface area is 243 Å². The van der Waals surface area contributed by atoms with E-state index in [2.05, 4.69) is 22.2 Å². The van der Waals surface area contributed by atoms with Crippen LogP contribution < -0.4 is 10.1 Å². The van der Waals surface area contributed by atoms with Crippen LogP contribution in [0.1, 0.15) is 44.1 Å². The summed E-state index contributed by atoms with van der Waals surface area (Å²) in [6.07, 6.45) is 3.65. The number of likely N-dealkylation sites (tertiary alicyclic amines) is 1. The summed E-state index contributed by atoms with van der Waals surface area (Å²) in [4.78, 5) is 37.1. The molecule has 3 aliphatic rings. The van der Waals surface area contributed by atoms with Gasteiger partial charge >= 0.3 is 0 Å². The van der Waals surface area contributed by atoms with Crippen molar-refractivity contribution in [1.29, 1.82) is 0 Å². The molecule has 2 amide bonds. The highest BCUT2D eigenvalue weighted by Gasteiger charge is 2.72. The quantitative estimate of drug-likeness (QED) is 0.373. The van der Waals surface area contributed by atoms with Gasteiger partial charge in [-0.15, -0.1) is 36.2 Å². The Morgan fingerprint density at radius 3 is 2.50 bits per heavy atom. The van der Waals surface area contributed by atoms with E-state index in [4.69, 9.17) is 16.3 Å². The highest BCUT2D eigenvalue weighted by atomic mass is 35.5. The number of benzene rings is 1. The van der Waals surface area contributed by atoms with Gasteiger partial charge in [0.25, 0.3) is 0 Å². The molecular weight excluding hydrogens is 567 g/mol. The number of aryl methyl sites for hydroxylation is 1. The minimum Gasteiger partial charge on any atom is -0.488 e. The van der Waals surface area contributed by atoms with Gasteiger partial charge in [-0.25, -0.2) is 9.97 Å². The summed E-state index contributed by atoms with van der Waals surface area (Å²) >= 11 is 8.00. The Bertz CT molecular complexity index is 1380. The maximum absolute atomic E-state index is 12.9. The molecule has 7 nitrogen and oxygen atoms in total. The minimum absolute atomic E-state index is 0. The van der Waals surface area contributed by atoms with Crippen molar-refractivity contribution in [2.75, 3.05) is 6.54 Å². The van der Waals surface area contributed by atoms with Crippen LogP contribution in [0.15, 0.2) is 24.5 Å². The number of halogens is 3. The van der Waals surface area contributed by atoms with Gasteiger partial charge in [-0.1, -0.05) is 25.4 Å². The first-order valence-electron chi connectivity index (χ1n) is 12.4. The lowest BCUT2D eigenvalue weighted by molar-refractivity contribution is -0.143. The molecule has 2 aliphatic heterocycles. The number of hydrogen-bond acceptors (Lipinski definition) is 7. The van der Waals surface area contributed by atoms with Crippen molar-refractivity contribution in [2.45, 2.75) is 59.2 Å². The third-order valence-corrected chi connectivity index (χ3v) is 9.30. The van der Waals surface area contributed by atoms with Crippen molar-refractivity contribution in [3.05, 3.63) is 40.0 Å². The van der Waals surface area contributed by atoms with E-state index in [9.17, 15) is 9.59 Å². The molecule has 1 saturated carbocycles. The molecule has 3 fully saturated rings. The molecule has 3 aromatic rings. The topological polar surface area (TPSA) is 84.4 Å². The molecule has 0 spiro atoms. The fourth-order valence-corrected chi connectivity index (χ4v) is 7.17. The first-order valence-corrected chi connectivity index (χ1v) is 13.6. The van der Waals surface area contributed by atoms with E-state index in [1.54, 1.807) is 6.33 Å². The van der Waals surface area contributed by atoms with Crippen molar-refractivity contribution >= 4 is 69.8 Å². The van der Waals surface area contributed by atoms with Crippen LogP contribution in [0.3, 0.4) is 0 Å². The number of amides is 2. The Balaban J connectivity index is 0.00000168. The molecule has 38 heavy (non-hydrogen) atoms. The number of piperidine rings is 2. The number of thiophene rings is 1. The molecule has 1 N–H and O–H groups in total. The number of hydrogen-bond donors (Lipinski definition) is 1. The molecule has 2 saturated heterocycles. The van der Waals surface area contributed by atoms with Crippen LogP contribution in [0.4, 0.5) is 0 Å². The molecule has 1 aromatic carbocycles. The fraction of sp³-hybridized carbons (Fsp3) is 0.481. The summed E-state index contributed by atoms with van der Waals surface area (Å²) in [6, 6.07) is 6.25. The van der Waals surface area contributed by atoms with Gasteiger partial charge in [-0.05, 0) is 55.9 Å². The van der Waals surface area contributed by atoms with Crippen molar-refractivity contribution < 1.29 is 14.3 Å². The summed E-state index contributed by atoms with van der Waals surface area (Å²) in [5.41, 5.74) is 3.10. The Hall–Kier alpha value is -1.97. The van der Waals surface area contributed by atoms with E-state index < -0.39 is 0 Å². The van der Waals surface area contributed by atoms with E-state index in [1.807, 2.05) is 39.0 Å². The van der Waals surface area contributed by atoms with Gasteiger partial charge in [0.2, 0.25) is 11.8 Å². The zero-order valence-corrected chi connectivity index (χ0v) is 24.8. The molecule has 6 rings (SSSR count). The van der Waals surface area contributed by atoms with Crippen LogP contribution >= 0.6 is 47.8 Å². The molecule has 1 aliphatic carbocycles. The largest absolute Gasteiger partial charge is 0.488 e. The van der Waals surface area contributed by atoms with Crippen molar-refractivity contribution in [3.63, 3.8) is 0 Å². The monoisotopic (exact) mass is 596 g/mol. The zero-order valence-electron chi connectivity index (χ0n) is 21.6. The normalized spacial score (nSPS) is 25.6. The number of imide groups is 1. The lowest BCUT2D eigenvalue weighted by atomic mass is 10.0. The Morgan fingerprint density at radius 2 is 1.84 bits per heavy atom. The van der Waals surface area contributed by atoms with E-state index in [0.717, 1.165) is 57.1 Å². The molecule has 4 heterocycles. The molecule has 4 atom stereocenters. The smallest absolute Gasteiger partial charge is 0.234 e. The molecule has 0 bridgehead atoms. The highest BCUT2D eigenvalue weighted by Crippen LogP contribution is 2.63. The van der Waals surface area contributed by atoms with Crippen LogP contribution in [0.25, 0.3) is 21.5 Å². The van der Waals surface area contributed by atoms with Gasteiger partial charge in [0.15, 0.2) is 0 Å². The fourth-order valence-electron chi connectivity index (χ4n) is 5.79. The van der Waals surface area contributed by atoms with Gasteiger partial charge in [0.1, 0.15) is 18.2 Å². The van der Waals surface area contributed by atoms with E-state index >= 15 is 0 Å². The lowest BCUT2D eigenvalue weighted by Crippen LogP contribution is -2.42. The molecular formula is C27H31Cl3N4O3S. The van der Waals surface area contributed by atoms with Crippen LogP contribution in [0.5, 0.6) is 5.75 Å². The third kappa shape index (κ3) is 4.79. The summed E-state index contributed by atoms with van der Waals surface area (Å²) in [6.45, 7) is 9.24. The van der Waals surface area contributed by atoms with Gasteiger partial charge < -0.3 is 10.1 Å². The van der Waals surface area contributed by atoms with E-state index in [1.165, 1.54) is 16.2 Å². The maximum Gasteiger partial charge on any atom is 0.234 e. The Kier molecular flexibility index (Phi) is 8.05. The summed E-state index contributed by atoms with van der Waals surface area (Å²) in [7, 11) is 0. The van der Waals surface area contributed by atoms with Crippen molar-refractivity contribution in [1.82, 2.24) is 20.2 Å². The maximum atomic E-state index is 12.9. The summed E-state index contributed by atoms with van der Waals surface area (Å²) in [5, 5.41) is 4.11. The number of carbonyl (C=O) groups is 2. The van der Waals surface area contributed by atoms with Crippen LogP contribution in [-0.2, 0) is 16.1 Å². The van der Waals surface area contributed by atoms with Crippen molar-refractivity contribution in [3.8, 4) is 17.0 Å². The van der Waals surface area contributed by atoms with Crippen LogP contribution in [-0.4, -0.2) is 45.4 Å². The Morgan fingerprint density at radius 1 is 1.13 bits per heavy atom. The number of carbonyl (C=O) groups excluding carboxylic acids is 2. The first kappa shape index (κ1) is 29.0. The van der Waals surface area contributed by atoms with Crippen molar-refractivity contribution in [2.24, 2.45) is 17.3 Å². The molecule has 2 unspecified atom stereocenters. The zero-order chi connectivity index (χ0) is 25.4. The second-order valence-electron chi connectivity index (χ2n) is 10.9. The molecule has 0 radical (unpaired) electrons. The number of rotatable bonds is 5. The van der Waals surface area contributed by atoms with Gasteiger partial charge in [0.05, 0.1) is 34.3 Å². The predicted molar refractivity (Wildman–Crippen MR) is 155 cm³/mol. The van der Waals surface area contributed by atoms with Crippen LogP contribution in [0, 0.1) is 24.2 Å². The van der Waals surface area contributed by atoms with E-state index in [-0.39, 0.29) is 66.5 Å². The third-order valence-electron chi connectivity index (χ3n) is 7.96. The minimum atomic E-state index is -0.212. The number of nitrogens with zero attached hydrogens (tertiary/aromatic N) is 3. The van der Waals surface area contributed by atoms with Gasteiger partial charge in [-0.3, -0.25) is 14.5 Å². The number of ether oxygens (including phenoxy) is 1. The van der Waals surface area contributed by atoms with Gasteiger partial charge in [-0.2, -0.15) is 0 Å².